The average Bonchev–Trinajstić information content (AvgIpc) is 2.37. The van der Waals surface area contributed by atoms with Gasteiger partial charge in [0.2, 0.25) is 0 Å². The first-order valence-corrected chi connectivity index (χ1v) is 6.78. The second-order valence-electron chi connectivity index (χ2n) is 5.46. The van der Waals surface area contributed by atoms with Crippen LogP contribution in [-0.2, 0) is 11.3 Å². The molecule has 2 N–H and O–H groups in total. The Balaban J connectivity index is 2.62. The maximum absolute atomic E-state index is 13.1. The molecule has 0 aliphatic carbocycles. The summed E-state index contributed by atoms with van der Waals surface area (Å²) in [4.78, 5) is 24.4. The number of rotatable bonds is 6. The predicted octanol–water partition coefficient (Wildman–Crippen LogP) is 2.47. The van der Waals surface area contributed by atoms with Gasteiger partial charge in [-0.2, -0.15) is 0 Å². The van der Waals surface area contributed by atoms with E-state index in [-0.39, 0.29) is 18.3 Å². The molecule has 0 radical (unpaired) electrons. The molecule has 0 unspecified atom stereocenters. The van der Waals surface area contributed by atoms with Crippen LogP contribution in [0.4, 0.5) is 9.18 Å². The zero-order valence-corrected chi connectivity index (χ0v) is 12.5. The first kappa shape index (κ1) is 16.9. The quantitative estimate of drug-likeness (QED) is 0.847. The zero-order chi connectivity index (χ0) is 16.0. The fourth-order valence-corrected chi connectivity index (χ4v) is 1.93. The number of nitrogens with one attached hydrogen (secondary N) is 1. The van der Waals surface area contributed by atoms with Crippen LogP contribution in [0.15, 0.2) is 24.3 Å². The van der Waals surface area contributed by atoms with Crippen molar-refractivity contribution in [2.75, 3.05) is 7.05 Å². The first-order chi connectivity index (χ1) is 9.79. The van der Waals surface area contributed by atoms with Gasteiger partial charge in [-0.25, -0.2) is 14.0 Å². The fraction of sp³-hybridized carbons (Fsp3) is 0.467. The molecule has 1 atom stereocenters. The molecule has 0 heterocycles. The van der Waals surface area contributed by atoms with Crippen LogP contribution in [0.2, 0.25) is 0 Å². The van der Waals surface area contributed by atoms with Crippen LogP contribution in [0.1, 0.15) is 25.8 Å². The lowest BCUT2D eigenvalue weighted by molar-refractivity contribution is -0.139. The summed E-state index contributed by atoms with van der Waals surface area (Å²) in [5.74, 6) is -1.28. The summed E-state index contributed by atoms with van der Waals surface area (Å²) in [6.45, 7) is 3.98. The van der Waals surface area contributed by atoms with E-state index >= 15 is 0 Å². The third-order valence-corrected chi connectivity index (χ3v) is 2.96. The minimum atomic E-state index is -1.06. The van der Waals surface area contributed by atoms with Gasteiger partial charge in [0.05, 0.1) is 0 Å². The molecule has 0 aliphatic heterocycles. The molecule has 0 aliphatic rings. The lowest BCUT2D eigenvalue weighted by Crippen LogP contribution is -2.47. The Morgan fingerprint density at radius 1 is 1.38 bits per heavy atom. The Bertz CT molecular complexity index is 505. The van der Waals surface area contributed by atoms with Gasteiger partial charge in [0.25, 0.3) is 0 Å². The van der Waals surface area contributed by atoms with Crippen molar-refractivity contribution in [2.45, 2.75) is 32.9 Å². The van der Waals surface area contributed by atoms with Gasteiger partial charge >= 0.3 is 12.0 Å². The van der Waals surface area contributed by atoms with Crippen LogP contribution in [0, 0.1) is 11.7 Å². The van der Waals surface area contributed by atoms with Crippen LogP contribution in [0.5, 0.6) is 0 Å². The molecule has 0 saturated heterocycles. The molecule has 116 valence electrons. The Kier molecular flexibility index (Phi) is 6.14. The molecule has 0 bridgehead atoms. The van der Waals surface area contributed by atoms with Crippen molar-refractivity contribution < 1.29 is 19.1 Å². The first-order valence-electron chi connectivity index (χ1n) is 6.78. The molecule has 0 aromatic heterocycles. The Morgan fingerprint density at radius 2 is 2.05 bits per heavy atom. The highest BCUT2D eigenvalue weighted by Gasteiger charge is 2.22. The molecule has 0 saturated carbocycles. The molecule has 0 spiro atoms. The van der Waals surface area contributed by atoms with Gasteiger partial charge in [-0.1, -0.05) is 26.0 Å². The molecule has 21 heavy (non-hydrogen) atoms. The van der Waals surface area contributed by atoms with Crippen molar-refractivity contribution in [2.24, 2.45) is 5.92 Å². The summed E-state index contributed by atoms with van der Waals surface area (Å²) in [5.41, 5.74) is 0.642. The maximum atomic E-state index is 13.1. The van der Waals surface area contributed by atoms with Crippen LogP contribution in [0.25, 0.3) is 0 Å². The molecule has 6 heteroatoms. The number of nitrogens with zero attached hydrogens (tertiary/aromatic N) is 1. The number of hydrogen-bond acceptors (Lipinski definition) is 2. The van der Waals surface area contributed by atoms with E-state index in [1.807, 2.05) is 13.8 Å². The van der Waals surface area contributed by atoms with Gasteiger partial charge in [-0.3, -0.25) is 0 Å². The van der Waals surface area contributed by atoms with Gasteiger partial charge in [-0.15, -0.1) is 0 Å². The fourth-order valence-electron chi connectivity index (χ4n) is 1.93. The van der Waals surface area contributed by atoms with Gasteiger partial charge < -0.3 is 15.3 Å². The zero-order valence-electron chi connectivity index (χ0n) is 12.5. The molecule has 1 aromatic carbocycles. The third kappa shape index (κ3) is 5.81. The number of halogens is 1. The SMILES string of the molecule is CC(C)C[C@H](NC(=O)N(C)Cc1cccc(F)c1)C(=O)O. The number of carboxylic acid groups (broad SMARTS) is 1. The highest BCUT2D eigenvalue weighted by atomic mass is 19.1. The normalized spacial score (nSPS) is 12.0. The van der Waals surface area contributed by atoms with Crippen molar-refractivity contribution >= 4 is 12.0 Å². The second-order valence-corrected chi connectivity index (χ2v) is 5.46. The number of carbonyl (C=O) groups excluding carboxylic acids is 1. The summed E-state index contributed by atoms with van der Waals surface area (Å²) in [6, 6.07) is 4.52. The highest BCUT2D eigenvalue weighted by Crippen LogP contribution is 2.08. The smallest absolute Gasteiger partial charge is 0.326 e. The molecular weight excluding hydrogens is 275 g/mol. The topological polar surface area (TPSA) is 69.6 Å². The Labute approximate surface area is 123 Å². The van der Waals surface area contributed by atoms with Crippen molar-refractivity contribution in [1.29, 1.82) is 0 Å². The summed E-state index contributed by atoms with van der Waals surface area (Å²) < 4.78 is 13.1. The average molecular weight is 296 g/mol. The van der Waals surface area contributed by atoms with E-state index in [9.17, 15) is 14.0 Å². The number of carbonyl (C=O) groups is 2. The molecular formula is C15H21FN2O3. The number of hydrogen-bond donors (Lipinski definition) is 2. The maximum Gasteiger partial charge on any atom is 0.326 e. The standard InChI is InChI=1S/C15H21FN2O3/c1-10(2)7-13(14(19)20)17-15(21)18(3)9-11-5-4-6-12(16)8-11/h4-6,8,10,13H,7,9H2,1-3H3,(H,17,21)(H,19,20)/t13-/m0/s1. The van der Waals surface area contributed by atoms with Crippen LogP contribution in [-0.4, -0.2) is 35.1 Å². The molecule has 5 nitrogen and oxygen atoms in total. The number of benzene rings is 1. The number of aliphatic carboxylic acids is 1. The van der Waals surface area contributed by atoms with Gasteiger partial charge in [0.1, 0.15) is 11.9 Å². The minimum absolute atomic E-state index is 0.153. The van der Waals surface area contributed by atoms with E-state index in [1.54, 1.807) is 12.1 Å². The van der Waals surface area contributed by atoms with E-state index < -0.39 is 18.0 Å². The van der Waals surface area contributed by atoms with E-state index in [1.165, 1.54) is 24.1 Å². The monoisotopic (exact) mass is 296 g/mol. The molecule has 0 fully saturated rings. The Hall–Kier alpha value is -2.11. The van der Waals surface area contributed by atoms with Crippen molar-refractivity contribution in [3.05, 3.63) is 35.6 Å². The number of urea groups is 1. The summed E-state index contributed by atoms with van der Waals surface area (Å²) in [5, 5.41) is 11.6. The molecule has 1 rings (SSSR count). The summed E-state index contributed by atoms with van der Waals surface area (Å²) in [6.07, 6.45) is 0.356. The molecule has 1 aromatic rings. The van der Waals surface area contributed by atoms with Gasteiger partial charge in [-0.05, 0) is 30.0 Å². The van der Waals surface area contributed by atoms with Gasteiger partial charge in [0, 0.05) is 13.6 Å². The third-order valence-electron chi connectivity index (χ3n) is 2.96. The van der Waals surface area contributed by atoms with Crippen molar-refractivity contribution in [3.63, 3.8) is 0 Å². The minimum Gasteiger partial charge on any atom is -0.480 e. The van der Waals surface area contributed by atoms with Crippen molar-refractivity contribution in [1.82, 2.24) is 10.2 Å². The van der Waals surface area contributed by atoms with Crippen LogP contribution < -0.4 is 5.32 Å². The highest BCUT2D eigenvalue weighted by molar-refractivity contribution is 5.82. The van der Waals surface area contributed by atoms with Gasteiger partial charge in [0.15, 0.2) is 0 Å². The predicted molar refractivity (Wildman–Crippen MR) is 77.3 cm³/mol. The molecule has 2 amide bonds. The van der Waals surface area contributed by atoms with Crippen LogP contribution >= 0.6 is 0 Å². The van der Waals surface area contributed by atoms with Crippen molar-refractivity contribution in [3.8, 4) is 0 Å². The van der Waals surface area contributed by atoms with E-state index in [4.69, 9.17) is 5.11 Å². The second kappa shape index (κ2) is 7.61. The lowest BCUT2D eigenvalue weighted by atomic mass is 10.0. The van der Waals surface area contributed by atoms with E-state index in [2.05, 4.69) is 5.32 Å². The number of amides is 2. The van der Waals surface area contributed by atoms with E-state index in [0.29, 0.717) is 12.0 Å². The summed E-state index contributed by atoms with van der Waals surface area (Å²) >= 11 is 0. The van der Waals surface area contributed by atoms with E-state index in [0.717, 1.165) is 0 Å². The summed E-state index contributed by atoms with van der Waals surface area (Å²) in [7, 11) is 1.54. The Morgan fingerprint density at radius 3 is 2.57 bits per heavy atom. The lowest BCUT2D eigenvalue weighted by Gasteiger charge is -2.22. The largest absolute Gasteiger partial charge is 0.480 e. The van der Waals surface area contributed by atoms with Crippen LogP contribution in [0.3, 0.4) is 0 Å². The number of carboxylic acids is 1.